The summed E-state index contributed by atoms with van der Waals surface area (Å²) < 4.78 is 31.4. The van der Waals surface area contributed by atoms with Gasteiger partial charge < -0.3 is 15.4 Å². The van der Waals surface area contributed by atoms with E-state index in [-0.39, 0.29) is 0 Å². The fraction of sp³-hybridized carbons (Fsp3) is 0.318. The molecule has 2 bridgehead atoms. The molecule has 1 saturated heterocycles. The Bertz CT molecular complexity index is 1240. The molecule has 4 N–H and O–H groups in total. The highest BCUT2D eigenvalue weighted by atomic mass is 32.2. The summed E-state index contributed by atoms with van der Waals surface area (Å²) in [7, 11) is -3.67. The number of rotatable bonds is 3. The minimum Gasteiger partial charge on any atom is -0.471 e. The molecule has 2 aromatic carbocycles. The first kappa shape index (κ1) is 22.9. The Morgan fingerprint density at radius 2 is 1.82 bits per heavy atom. The highest BCUT2D eigenvalue weighted by molar-refractivity contribution is 7.85. The van der Waals surface area contributed by atoms with Crippen LogP contribution in [-0.2, 0) is 15.0 Å². The van der Waals surface area contributed by atoms with Gasteiger partial charge in [-0.2, -0.15) is 8.42 Å². The minimum absolute atomic E-state index is 0.485. The van der Waals surface area contributed by atoms with Crippen LogP contribution in [0.5, 0.6) is 5.75 Å². The number of aryl methyl sites for hydroxylation is 2. The van der Waals surface area contributed by atoms with Crippen molar-refractivity contribution in [2.24, 2.45) is 4.99 Å². The van der Waals surface area contributed by atoms with Gasteiger partial charge in [0.2, 0.25) is 0 Å². The molecule has 1 unspecified atom stereocenters. The van der Waals surface area contributed by atoms with E-state index < -0.39 is 16.1 Å². The van der Waals surface area contributed by atoms with Crippen molar-refractivity contribution in [1.29, 1.82) is 0 Å². The van der Waals surface area contributed by atoms with E-state index in [1.807, 2.05) is 30.2 Å². The van der Waals surface area contributed by atoms with Gasteiger partial charge in [-0.3, -0.25) is 9.45 Å². The number of ether oxygens (including phenoxy) is 1. The average Bonchev–Trinajstić information content (AvgIpc) is 3.29. The van der Waals surface area contributed by atoms with E-state index in [1.165, 1.54) is 16.7 Å². The van der Waals surface area contributed by atoms with Gasteiger partial charge in [0.1, 0.15) is 11.6 Å². The molecule has 3 aliphatic heterocycles. The molecule has 176 valence electrons. The molecule has 33 heavy (non-hydrogen) atoms. The lowest BCUT2D eigenvalue weighted by Gasteiger charge is -2.36. The van der Waals surface area contributed by atoms with Gasteiger partial charge >= 0.3 is 5.97 Å². The summed E-state index contributed by atoms with van der Waals surface area (Å²) >= 11 is 0. The van der Waals surface area contributed by atoms with Crippen molar-refractivity contribution in [3.63, 3.8) is 0 Å². The second-order valence-corrected chi connectivity index (χ2v) is 9.64. The molecule has 10 nitrogen and oxygen atoms in total. The minimum atomic E-state index is -3.67. The standard InChI is InChI=1S/C21H23N5O2.CH4O3S/c1-12-7-16(8-13(2)15(12)4)24-21-23-10-14(3)20(25-28-21)26(21)17-5-6-19-18(9-17)22-11-27-19;1-5(2,3)4/h5-10,22,24-25H,11H2,1-4H3;1H3,(H,2,3,4). The van der Waals surface area contributed by atoms with E-state index in [1.54, 1.807) is 0 Å². The predicted molar refractivity (Wildman–Crippen MR) is 128 cm³/mol. The summed E-state index contributed by atoms with van der Waals surface area (Å²) in [4.78, 5) is 12.8. The summed E-state index contributed by atoms with van der Waals surface area (Å²) in [5, 5.41) is 6.73. The van der Waals surface area contributed by atoms with Crippen molar-refractivity contribution in [1.82, 2.24) is 5.48 Å². The van der Waals surface area contributed by atoms with E-state index in [0.717, 1.165) is 34.2 Å². The summed E-state index contributed by atoms with van der Waals surface area (Å²) in [5.41, 5.74) is 10.6. The van der Waals surface area contributed by atoms with Gasteiger partial charge in [-0.25, -0.2) is 15.3 Å². The molecule has 5 rings (SSSR count). The van der Waals surface area contributed by atoms with Crippen LogP contribution in [0.15, 0.2) is 46.7 Å². The van der Waals surface area contributed by atoms with Crippen LogP contribution in [0.25, 0.3) is 0 Å². The third-order valence-electron chi connectivity index (χ3n) is 5.57. The summed E-state index contributed by atoms with van der Waals surface area (Å²) in [6.45, 7) is 8.85. The lowest BCUT2D eigenvalue weighted by Crippen LogP contribution is -2.51. The highest BCUT2D eigenvalue weighted by Crippen LogP contribution is 2.42. The zero-order chi connectivity index (χ0) is 24.0. The summed E-state index contributed by atoms with van der Waals surface area (Å²) in [5.74, 6) is 0.612. The first-order valence-corrected chi connectivity index (χ1v) is 12.1. The Labute approximate surface area is 193 Å². The van der Waals surface area contributed by atoms with Crippen LogP contribution >= 0.6 is 0 Å². The first-order valence-electron chi connectivity index (χ1n) is 10.3. The van der Waals surface area contributed by atoms with Gasteiger partial charge in [0.05, 0.1) is 17.6 Å². The van der Waals surface area contributed by atoms with Gasteiger partial charge in [0.15, 0.2) is 6.73 Å². The van der Waals surface area contributed by atoms with Crippen LogP contribution in [-0.4, -0.2) is 38.1 Å². The van der Waals surface area contributed by atoms with E-state index in [4.69, 9.17) is 19.1 Å². The lowest BCUT2D eigenvalue weighted by molar-refractivity contribution is -0.0214. The lowest BCUT2D eigenvalue weighted by atomic mass is 10.0. The predicted octanol–water partition coefficient (Wildman–Crippen LogP) is 3.26. The number of hydrogen-bond donors (Lipinski definition) is 4. The Morgan fingerprint density at radius 1 is 1.15 bits per heavy atom. The number of allylic oxidation sites excluding steroid dienone is 1. The molecule has 0 aliphatic carbocycles. The van der Waals surface area contributed by atoms with Gasteiger partial charge in [-0.05, 0) is 74.7 Å². The van der Waals surface area contributed by atoms with E-state index >= 15 is 0 Å². The monoisotopic (exact) mass is 473 g/mol. The zero-order valence-electron chi connectivity index (χ0n) is 19.1. The largest absolute Gasteiger partial charge is 0.471 e. The van der Waals surface area contributed by atoms with Gasteiger partial charge in [-0.1, -0.05) is 0 Å². The van der Waals surface area contributed by atoms with Crippen molar-refractivity contribution in [3.05, 3.63) is 58.4 Å². The molecule has 3 heterocycles. The number of nitrogens with zero attached hydrogens (tertiary/aromatic N) is 2. The van der Waals surface area contributed by atoms with Crippen LogP contribution in [0.1, 0.15) is 23.6 Å². The topological polar surface area (TPSA) is 125 Å². The van der Waals surface area contributed by atoms with Crippen molar-refractivity contribution in [2.75, 3.05) is 28.5 Å². The number of nitrogens with one attached hydrogen (secondary N) is 3. The van der Waals surface area contributed by atoms with Gasteiger partial charge in [-0.15, -0.1) is 0 Å². The Kier molecular flexibility index (Phi) is 5.72. The molecule has 3 aliphatic rings. The third kappa shape index (κ3) is 4.61. The number of hydroxylamine groups is 1. The fourth-order valence-electron chi connectivity index (χ4n) is 3.78. The van der Waals surface area contributed by atoms with Crippen LogP contribution in [0.3, 0.4) is 0 Å². The normalized spacial score (nSPS) is 20.4. The van der Waals surface area contributed by atoms with Gasteiger partial charge in [0.25, 0.3) is 10.1 Å². The first-order chi connectivity index (χ1) is 15.5. The second-order valence-electron chi connectivity index (χ2n) is 8.18. The number of hydrogen-bond acceptors (Lipinski definition) is 9. The Balaban J connectivity index is 0.000000471. The van der Waals surface area contributed by atoms with Crippen molar-refractivity contribution in [3.8, 4) is 5.75 Å². The molecule has 1 atom stereocenters. The molecule has 0 amide bonds. The zero-order valence-corrected chi connectivity index (χ0v) is 19.9. The average molecular weight is 474 g/mol. The molecule has 2 aromatic rings. The number of aliphatic imine (C=N–C) groups is 1. The summed E-state index contributed by atoms with van der Waals surface area (Å²) in [6, 6.07) is 10.3. The Hall–Kier alpha value is -3.28. The van der Waals surface area contributed by atoms with Crippen LogP contribution in [0, 0.1) is 20.8 Å². The SMILES string of the molecule is CC1=C2NOC(Nc3cc(C)c(C)c(C)c3)(N=C1)N2c1ccc2c(c1)NCO2.CS(=O)(=O)O. The summed E-state index contributed by atoms with van der Waals surface area (Å²) in [6.07, 6.45) is 2.55. The molecule has 0 spiro atoms. The molecule has 0 saturated carbocycles. The maximum atomic E-state index is 9.19. The van der Waals surface area contributed by atoms with Crippen LogP contribution in [0.2, 0.25) is 0 Å². The van der Waals surface area contributed by atoms with Gasteiger partial charge in [0, 0.05) is 17.5 Å². The van der Waals surface area contributed by atoms with Crippen LogP contribution in [0.4, 0.5) is 17.1 Å². The van der Waals surface area contributed by atoms with Crippen molar-refractivity contribution in [2.45, 2.75) is 33.7 Å². The molecular weight excluding hydrogens is 446 g/mol. The maximum absolute atomic E-state index is 9.19. The fourth-order valence-corrected chi connectivity index (χ4v) is 3.78. The molecule has 1 fully saturated rings. The number of fused-ring (bicyclic) bond motifs is 3. The second kappa shape index (κ2) is 8.25. The number of anilines is 3. The van der Waals surface area contributed by atoms with Crippen molar-refractivity contribution < 1.29 is 22.5 Å². The third-order valence-corrected chi connectivity index (χ3v) is 5.57. The molecular formula is C22H27N5O5S. The smallest absolute Gasteiger partial charge is 0.351 e. The molecule has 11 heteroatoms. The molecule has 0 aromatic heterocycles. The van der Waals surface area contributed by atoms with Crippen LogP contribution < -0.4 is 25.8 Å². The Morgan fingerprint density at radius 3 is 2.48 bits per heavy atom. The number of benzene rings is 2. The maximum Gasteiger partial charge on any atom is 0.351 e. The highest BCUT2D eigenvalue weighted by Gasteiger charge is 2.49. The quantitative estimate of drug-likeness (QED) is 0.497. The van der Waals surface area contributed by atoms with Crippen molar-refractivity contribution >= 4 is 33.4 Å². The van der Waals surface area contributed by atoms with E-state index in [0.29, 0.717) is 13.0 Å². The van der Waals surface area contributed by atoms with E-state index in [9.17, 15) is 8.42 Å². The molecule has 0 radical (unpaired) electrons. The van der Waals surface area contributed by atoms with E-state index in [2.05, 4.69) is 55.1 Å².